The Morgan fingerprint density at radius 1 is 1.43 bits per heavy atom. The highest BCUT2D eigenvalue weighted by atomic mass is 19.1. The third kappa shape index (κ3) is 3.37. The van der Waals surface area contributed by atoms with Crippen LogP contribution < -0.4 is 10.6 Å². The lowest BCUT2D eigenvalue weighted by Crippen LogP contribution is -2.41. The molecule has 21 heavy (non-hydrogen) atoms. The molecule has 7 heteroatoms. The summed E-state index contributed by atoms with van der Waals surface area (Å²) in [6, 6.07) is 3.63. The quantitative estimate of drug-likeness (QED) is 0.757. The van der Waals surface area contributed by atoms with Crippen LogP contribution in [-0.2, 0) is 9.53 Å². The molecule has 1 fully saturated rings. The fraction of sp³-hybridized carbons (Fsp3) is 0.429. The van der Waals surface area contributed by atoms with Crippen molar-refractivity contribution in [1.82, 2.24) is 5.32 Å². The Hall–Kier alpha value is -1.99. The zero-order valence-electron chi connectivity index (χ0n) is 11.6. The van der Waals surface area contributed by atoms with Gasteiger partial charge in [0.2, 0.25) is 5.91 Å². The van der Waals surface area contributed by atoms with Gasteiger partial charge in [0.25, 0.3) is 0 Å². The van der Waals surface area contributed by atoms with Gasteiger partial charge < -0.3 is 20.5 Å². The van der Waals surface area contributed by atoms with Crippen LogP contribution in [0.3, 0.4) is 0 Å². The second kappa shape index (κ2) is 6.64. The van der Waals surface area contributed by atoms with Crippen molar-refractivity contribution in [2.45, 2.75) is 13.0 Å². The Bertz CT molecular complexity index is 550. The number of hydrogen-bond acceptors (Lipinski definition) is 4. The first-order chi connectivity index (χ1) is 10.0. The lowest BCUT2D eigenvalue weighted by molar-refractivity contribution is -0.120. The van der Waals surface area contributed by atoms with E-state index in [4.69, 9.17) is 9.84 Å². The van der Waals surface area contributed by atoms with E-state index in [-0.39, 0.29) is 24.2 Å². The summed E-state index contributed by atoms with van der Waals surface area (Å²) in [6.45, 7) is 3.28. The highest BCUT2D eigenvalue weighted by Crippen LogP contribution is 2.22. The predicted molar refractivity (Wildman–Crippen MR) is 73.8 cm³/mol. The van der Waals surface area contributed by atoms with E-state index in [9.17, 15) is 14.0 Å². The molecule has 1 aromatic rings. The Kier molecular flexibility index (Phi) is 4.87. The highest BCUT2D eigenvalue weighted by molar-refractivity contribution is 6.01. The van der Waals surface area contributed by atoms with Crippen molar-refractivity contribution < 1.29 is 23.8 Å². The van der Waals surface area contributed by atoms with Gasteiger partial charge >= 0.3 is 5.97 Å². The lowest BCUT2D eigenvalue weighted by Gasteiger charge is -2.18. The van der Waals surface area contributed by atoms with Crippen molar-refractivity contribution in [2.24, 2.45) is 5.92 Å². The molecule has 3 N–H and O–H groups in total. The zero-order chi connectivity index (χ0) is 15.4. The molecule has 2 rings (SSSR count). The number of likely N-dealkylation sites (N-methyl/N-ethyl adjacent to an activating group) is 1. The predicted octanol–water partition coefficient (Wildman–Crippen LogP) is 1.09. The number of nitrogens with one attached hydrogen (secondary N) is 2. The molecule has 0 aliphatic carbocycles. The van der Waals surface area contributed by atoms with Gasteiger partial charge in [0.05, 0.1) is 24.8 Å². The smallest absolute Gasteiger partial charge is 0.340 e. The SMILES string of the molecule is CCNC1COCC1C(=O)Nc1cccc(F)c1C(=O)O. The van der Waals surface area contributed by atoms with Crippen molar-refractivity contribution in [3.8, 4) is 0 Å². The highest BCUT2D eigenvalue weighted by Gasteiger charge is 2.34. The number of rotatable bonds is 5. The van der Waals surface area contributed by atoms with E-state index in [1.54, 1.807) is 0 Å². The molecule has 2 unspecified atom stereocenters. The largest absolute Gasteiger partial charge is 0.478 e. The Labute approximate surface area is 121 Å². The van der Waals surface area contributed by atoms with Gasteiger partial charge in [-0.2, -0.15) is 0 Å². The van der Waals surface area contributed by atoms with E-state index in [1.807, 2.05) is 6.92 Å². The standard InChI is InChI=1S/C14H17FN2O4/c1-2-16-11-7-21-6-8(11)13(18)17-10-5-3-4-9(15)12(10)14(19)20/h3-5,8,11,16H,2,6-7H2,1H3,(H,17,18)(H,19,20). The molecule has 0 saturated carbocycles. The van der Waals surface area contributed by atoms with Gasteiger partial charge in [-0.15, -0.1) is 0 Å². The Morgan fingerprint density at radius 2 is 2.19 bits per heavy atom. The number of aromatic carboxylic acids is 1. The topological polar surface area (TPSA) is 87.7 Å². The average Bonchev–Trinajstić information content (AvgIpc) is 2.87. The van der Waals surface area contributed by atoms with Crippen molar-refractivity contribution in [3.63, 3.8) is 0 Å². The summed E-state index contributed by atoms with van der Waals surface area (Å²) in [5, 5.41) is 14.6. The molecule has 2 atom stereocenters. The first kappa shape index (κ1) is 15.4. The van der Waals surface area contributed by atoms with Gasteiger partial charge in [-0.1, -0.05) is 13.0 Å². The average molecular weight is 296 g/mol. The van der Waals surface area contributed by atoms with Crippen molar-refractivity contribution in [1.29, 1.82) is 0 Å². The van der Waals surface area contributed by atoms with Crippen LogP contribution in [0.1, 0.15) is 17.3 Å². The molecular formula is C14H17FN2O4. The number of anilines is 1. The summed E-state index contributed by atoms with van der Waals surface area (Å²) < 4.78 is 18.8. The number of benzene rings is 1. The fourth-order valence-electron chi connectivity index (χ4n) is 2.35. The van der Waals surface area contributed by atoms with Crippen LogP contribution in [-0.4, -0.2) is 42.8 Å². The number of carbonyl (C=O) groups excluding carboxylic acids is 1. The van der Waals surface area contributed by atoms with E-state index >= 15 is 0 Å². The van der Waals surface area contributed by atoms with Crippen molar-refractivity contribution >= 4 is 17.6 Å². The van der Waals surface area contributed by atoms with Crippen LogP contribution in [0.2, 0.25) is 0 Å². The van der Waals surface area contributed by atoms with Gasteiger partial charge in [0, 0.05) is 6.04 Å². The molecule has 1 amide bonds. The van der Waals surface area contributed by atoms with Crippen molar-refractivity contribution in [3.05, 3.63) is 29.6 Å². The van der Waals surface area contributed by atoms with E-state index in [1.165, 1.54) is 12.1 Å². The number of hydrogen-bond donors (Lipinski definition) is 3. The summed E-state index contributed by atoms with van der Waals surface area (Å²) >= 11 is 0. The first-order valence-corrected chi connectivity index (χ1v) is 6.68. The third-order valence-corrected chi connectivity index (χ3v) is 3.37. The molecule has 1 aliphatic rings. The maximum atomic E-state index is 13.6. The number of carboxylic acids is 1. The van der Waals surface area contributed by atoms with Gasteiger partial charge in [-0.05, 0) is 18.7 Å². The molecule has 114 valence electrons. The number of ether oxygens (including phenoxy) is 1. The maximum absolute atomic E-state index is 13.6. The van der Waals surface area contributed by atoms with Gasteiger partial charge in [-0.3, -0.25) is 4.79 Å². The second-order valence-corrected chi connectivity index (χ2v) is 4.76. The van der Waals surface area contributed by atoms with Crippen molar-refractivity contribution in [2.75, 3.05) is 25.1 Å². The maximum Gasteiger partial charge on any atom is 0.340 e. The number of amides is 1. The molecule has 0 aromatic heterocycles. The third-order valence-electron chi connectivity index (χ3n) is 3.37. The van der Waals surface area contributed by atoms with Crippen LogP contribution >= 0.6 is 0 Å². The minimum absolute atomic E-state index is 0.0466. The second-order valence-electron chi connectivity index (χ2n) is 4.76. The Morgan fingerprint density at radius 3 is 2.86 bits per heavy atom. The van der Waals surface area contributed by atoms with Gasteiger partial charge in [0.15, 0.2) is 0 Å². The number of carboxylic acid groups (broad SMARTS) is 1. The zero-order valence-corrected chi connectivity index (χ0v) is 11.6. The summed E-state index contributed by atoms with van der Waals surface area (Å²) in [6.07, 6.45) is 0. The molecule has 0 spiro atoms. The van der Waals surface area contributed by atoms with E-state index in [0.29, 0.717) is 13.2 Å². The van der Waals surface area contributed by atoms with Crippen LogP contribution in [0.4, 0.5) is 10.1 Å². The lowest BCUT2D eigenvalue weighted by atomic mass is 10.0. The van der Waals surface area contributed by atoms with Crippen LogP contribution in [0.15, 0.2) is 18.2 Å². The van der Waals surface area contributed by atoms with Crippen LogP contribution in [0.5, 0.6) is 0 Å². The summed E-state index contributed by atoms with van der Waals surface area (Å²) in [5.41, 5.74) is -0.584. The van der Waals surface area contributed by atoms with E-state index < -0.39 is 23.3 Å². The molecule has 1 saturated heterocycles. The van der Waals surface area contributed by atoms with Crippen LogP contribution in [0, 0.1) is 11.7 Å². The van der Waals surface area contributed by atoms with Gasteiger partial charge in [-0.25, -0.2) is 9.18 Å². The molecule has 1 aromatic carbocycles. The molecule has 0 radical (unpaired) electrons. The molecule has 1 heterocycles. The van der Waals surface area contributed by atoms with E-state index in [0.717, 1.165) is 6.07 Å². The molecule has 6 nitrogen and oxygen atoms in total. The minimum Gasteiger partial charge on any atom is -0.478 e. The summed E-state index contributed by atoms with van der Waals surface area (Å²) in [5.74, 6) is -3.12. The molecule has 1 aliphatic heterocycles. The molecular weight excluding hydrogens is 279 g/mol. The van der Waals surface area contributed by atoms with E-state index in [2.05, 4.69) is 10.6 Å². The summed E-state index contributed by atoms with van der Waals surface area (Å²) in [7, 11) is 0. The number of carbonyl (C=O) groups is 2. The normalized spacial score (nSPS) is 21.2. The Balaban J connectivity index is 2.16. The fourth-order valence-corrected chi connectivity index (χ4v) is 2.35. The summed E-state index contributed by atoms with van der Waals surface area (Å²) in [4.78, 5) is 23.3. The minimum atomic E-state index is -1.42. The monoisotopic (exact) mass is 296 g/mol. The first-order valence-electron chi connectivity index (χ1n) is 6.68. The van der Waals surface area contributed by atoms with Crippen LogP contribution in [0.25, 0.3) is 0 Å². The number of halogens is 1. The molecule has 0 bridgehead atoms. The van der Waals surface area contributed by atoms with Gasteiger partial charge in [0.1, 0.15) is 11.4 Å².